The van der Waals surface area contributed by atoms with Crippen LogP contribution in [0, 0.1) is 0 Å². The van der Waals surface area contributed by atoms with Crippen molar-refractivity contribution in [2.45, 2.75) is 65.7 Å². The van der Waals surface area contributed by atoms with E-state index in [4.69, 9.17) is 15.3 Å². The molecule has 1 atom stereocenters. The first-order valence-electron chi connectivity index (χ1n) is 10.2. The average Bonchev–Trinajstić information content (AvgIpc) is 2.63. The first-order chi connectivity index (χ1) is 14.6. The normalized spacial score (nSPS) is 12.4. The van der Waals surface area contributed by atoms with E-state index in [0.717, 1.165) is 0 Å². The van der Waals surface area contributed by atoms with E-state index in [1.807, 2.05) is 5.43 Å². The van der Waals surface area contributed by atoms with Crippen molar-refractivity contribution in [3.8, 4) is 0 Å². The highest BCUT2D eigenvalue weighted by Gasteiger charge is 2.28. The van der Waals surface area contributed by atoms with Gasteiger partial charge in [-0.1, -0.05) is 12.1 Å². The lowest BCUT2D eigenvalue weighted by molar-refractivity contribution is -0.156. The number of nitrogens with two attached hydrogens (primary N) is 1. The molecule has 0 heterocycles. The van der Waals surface area contributed by atoms with Crippen molar-refractivity contribution >= 4 is 23.9 Å². The van der Waals surface area contributed by atoms with Crippen LogP contribution in [0.1, 0.15) is 69.2 Å². The number of rotatable bonds is 7. The van der Waals surface area contributed by atoms with Crippen LogP contribution in [0.25, 0.3) is 0 Å². The van der Waals surface area contributed by atoms with Gasteiger partial charge in [0.1, 0.15) is 17.7 Å². The maximum Gasteiger partial charge on any atom is 0.410 e. The number of carbonyl (C=O) groups excluding carboxylic acids is 4. The fraction of sp³-hybridized carbons (Fsp3) is 0.545. The summed E-state index contributed by atoms with van der Waals surface area (Å²) in [7, 11) is 0. The van der Waals surface area contributed by atoms with Gasteiger partial charge in [-0.05, 0) is 60.6 Å². The second kappa shape index (κ2) is 10.9. The third-order valence-corrected chi connectivity index (χ3v) is 3.81. The highest BCUT2D eigenvalue weighted by molar-refractivity contribution is 6.07. The number of hydrogen-bond acceptors (Lipinski definition) is 7. The molecule has 0 aliphatic heterocycles. The Bertz CT molecular complexity index is 842. The first-order valence-corrected chi connectivity index (χ1v) is 10.2. The number of benzene rings is 1. The van der Waals surface area contributed by atoms with Gasteiger partial charge < -0.3 is 14.8 Å². The summed E-state index contributed by atoms with van der Waals surface area (Å²) in [5, 5.41) is 2.72. The SMILES string of the molecule is C[C@@H](CN(CC(=O)OC(C)(C)C)C(=O)OC(C)(C)C)NC(=O)c1ccccc1C(=O)NN. The number of hydrazine groups is 1. The van der Waals surface area contributed by atoms with Gasteiger partial charge in [-0.3, -0.25) is 24.7 Å². The summed E-state index contributed by atoms with van der Waals surface area (Å²) in [6.45, 7) is 11.6. The van der Waals surface area contributed by atoms with Crippen LogP contribution in [0.2, 0.25) is 0 Å². The molecule has 0 saturated heterocycles. The maximum atomic E-state index is 12.7. The van der Waals surface area contributed by atoms with Crippen LogP contribution in [-0.4, -0.2) is 59.1 Å². The van der Waals surface area contributed by atoms with Crippen LogP contribution in [0.15, 0.2) is 24.3 Å². The Morgan fingerprint density at radius 2 is 1.44 bits per heavy atom. The molecule has 0 aromatic heterocycles. The van der Waals surface area contributed by atoms with Crippen molar-refractivity contribution in [3.05, 3.63) is 35.4 Å². The number of nitrogens with one attached hydrogen (secondary N) is 2. The fourth-order valence-corrected chi connectivity index (χ4v) is 2.69. The molecule has 1 aromatic rings. The van der Waals surface area contributed by atoms with Crippen molar-refractivity contribution in [2.24, 2.45) is 5.84 Å². The second-order valence-electron chi connectivity index (χ2n) is 9.34. The molecule has 0 fully saturated rings. The average molecular weight is 451 g/mol. The number of esters is 1. The summed E-state index contributed by atoms with van der Waals surface area (Å²) in [5.41, 5.74) is 0.739. The molecule has 3 amide bonds. The van der Waals surface area contributed by atoms with Gasteiger partial charge in [0.2, 0.25) is 0 Å². The Morgan fingerprint density at radius 1 is 0.938 bits per heavy atom. The molecule has 0 bridgehead atoms. The van der Waals surface area contributed by atoms with Gasteiger partial charge >= 0.3 is 12.1 Å². The summed E-state index contributed by atoms with van der Waals surface area (Å²) in [5.74, 6) is 3.44. The summed E-state index contributed by atoms with van der Waals surface area (Å²) < 4.78 is 10.7. The van der Waals surface area contributed by atoms with Crippen molar-refractivity contribution in [3.63, 3.8) is 0 Å². The second-order valence-corrected chi connectivity index (χ2v) is 9.34. The van der Waals surface area contributed by atoms with E-state index in [9.17, 15) is 19.2 Å². The van der Waals surface area contributed by atoms with Gasteiger partial charge in [-0.2, -0.15) is 0 Å². The minimum Gasteiger partial charge on any atom is -0.459 e. The third-order valence-electron chi connectivity index (χ3n) is 3.81. The van der Waals surface area contributed by atoms with Crippen LogP contribution in [0.5, 0.6) is 0 Å². The van der Waals surface area contributed by atoms with Gasteiger partial charge in [0.05, 0.1) is 11.1 Å². The number of amides is 3. The number of carbonyl (C=O) groups is 4. The van der Waals surface area contributed by atoms with E-state index in [2.05, 4.69) is 5.32 Å². The van der Waals surface area contributed by atoms with Gasteiger partial charge in [0.25, 0.3) is 11.8 Å². The summed E-state index contributed by atoms with van der Waals surface area (Å²) in [6.07, 6.45) is -0.715. The molecule has 0 aliphatic rings. The molecule has 0 spiro atoms. The van der Waals surface area contributed by atoms with Crippen molar-refractivity contribution in [1.29, 1.82) is 0 Å². The highest BCUT2D eigenvalue weighted by atomic mass is 16.6. The minimum absolute atomic E-state index is 0.0227. The maximum absolute atomic E-state index is 12.7. The quantitative estimate of drug-likeness (QED) is 0.250. The van der Waals surface area contributed by atoms with Crippen LogP contribution < -0.4 is 16.6 Å². The highest BCUT2D eigenvalue weighted by Crippen LogP contribution is 2.13. The molecule has 0 unspecified atom stereocenters. The topological polar surface area (TPSA) is 140 Å². The lowest BCUT2D eigenvalue weighted by atomic mass is 10.1. The van der Waals surface area contributed by atoms with Crippen LogP contribution >= 0.6 is 0 Å². The molecule has 0 aliphatic carbocycles. The zero-order valence-corrected chi connectivity index (χ0v) is 19.8. The Labute approximate surface area is 188 Å². The van der Waals surface area contributed by atoms with Crippen LogP contribution in [0.4, 0.5) is 4.79 Å². The van der Waals surface area contributed by atoms with Crippen LogP contribution in [0.3, 0.4) is 0 Å². The van der Waals surface area contributed by atoms with Gasteiger partial charge in [-0.15, -0.1) is 0 Å². The predicted molar refractivity (Wildman–Crippen MR) is 119 cm³/mol. The van der Waals surface area contributed by atoms with Crippen LogP contribution in [-0.2, 0) is 14.3 Å². The van der Waals surface area contributed by atoms with E-state index in [1.165, 1.54) is 17.0 Å². The Balaban J connectivity index is 2.97. The van der Waals surface area contributed by atoms with Gasteiger partial charge in [0, 0.05) is 12.6 Å². The van der Waals surface area contributed by atoms with E-state index < -0.39 is 41.1 Å². The smallest absolute Gasteiger partial charge is 0.410 e. The van der Waals surface area contributed by atoms with Crippen molar-refractivity contribution in [1.82, 2.24) is 15.6 Å². The van der Waals surface area contributed by atoms with Crippen molar-refractivity contribution < 1.29 is 28.7 Å². The van der Waals surface area contributed by atoms with Gasteiger partial charge in [-0.25, -0.2) is 10.6 Å². The Hall–Kier alpha value is -3.14. The molecule has 1 aromatic carbocycles. The summed E-state index contributed by atoms with van der Waals surface area (Å²) in [4.78, 5) is 50.8. The number of nitrogens with zero attached hydrogens (tertiary/aromatic N) is 1. The van der Waals surface area contributed by atoms with Crippen molar-refractivity contribution in [2.75, 3.05) is 13.1 Å². The molecule has 178 valence electrons. The van der Waals surface area contributed by atoms with E-state index >= 15 is 0 Å². The Kier molecular flexibility index (Phi) is 9.20. The number of hydrogen-bond donors (Lipinski definition) is 3. The molecule has 4 N–H and O–H groups in total. The molecular weight excluding hydrogens is 416 g/mol. The van der Waals surface area contributed by atoms with Gasteiger partial charge in [0.15, 0.2) is 0 Å². The van der Waals surface area contributed by atoms with E-state index in [-0.39, 0.29) is 24.2 Å². The molecule has 0 saturated carbocycles. The summed E-state index contributed by atoms with van der Waals surface area (Å²) in [6, 6.07) is 5.60. The van der Waals surface area contributed by atoms with E-state index in [1.54, 1.807) is 60.6 Å². The Morgan fingerprint density at radius 3 is 1.91 bits per heavy atom. The molecular formula is C22H34N4O6. The first kappa shape index (κ1) is 26.9. The zero-order valence-electron chi connectivity index (χ0n) is 19.8. The molecule has 10 nitrogen and oxygen atoms in total. The van der Waals surface area contributed by atoms with E-state index in [0.29, 0.717) is 0 Å². The monoisotopic (exact) mass is 450 g/mol. The zero-order chi connectivity index (χ0) is 24.7. The minimum atomic E-state index is -0.774. The lowest BCUT2D eigenvalue weighted by Gasteiger charge is -2.30. The number of nitrogen functional groups attached to an aromatic ring is 1. The fourth-order valence-electron chi connectivity index (χ4n) is 2.69. The molecule has 1 rings (SSSR count). The standard InChI is InChI=1S/C22H34N4O6/c1-14(24-18(28)15-10-8-9-11-16(15)19(29)25-23)12-26(20(30)32-22(5,6)7)13-17(27)31-21(2,3)4/h8-11,14H,12-13,23H2,1-7H3,(H,24,28)(H,25,29)/t14-/m0/s1. The number of ether oxygens (including phenoxy) is 2. The lowest BCUT2D eigenvalue weighted by Crippen LogP contribution is -2.48. The third kappa shape index (κ3) is 9.34. The molecule has 0 radical (unpaired) electrons. The molecule has 10 heteroatoms. The summed E-state index contributed by atoms with van der Waals surface area (Å²) >= 11 is 0. The largest absolute Gasteiger partial charge is 0.459 e. The predicted octanol–water partition coefficient (Wildman–Crippen LogP) is 1.99. The molecule has 32 heavy (non-hydrogen) atoms.